The summed E-state index contributed by atoms with van der Waals surface area (Å²) in [5, 5.41) is 14.8. The molecule has 7 nitrogen and oxygen atoms in total. The van der Waals surface area contributed by atoms with Gasteiger partial charge in [0.1, 0.15) is 5.69 Å². The van der Waals surface area contributed by atoms with Crippen LogP contribution in [0.15, 0.2) is 107 Å². The van der Waals surface area contributed by atoms with Crippen LogP contribution in [-0.4, -0.2) is 32.8 Å². The number of H-pyrrole nitrogens is 2. The number of fused-ring (bicyclic) bond motifs is 2. The van der Waals surface area contributed by atoms with Crippen molar-refractivity contribution >= 4 is 51.3 Å². The van der Waals surface area contributed by atoms with E-state index in [1.165, 1.54) is 10.4 Å². The fourth-order valence-electron chi connectivity index (χ4n) is 4.80. The van der Waals surface area contributed by atoms with Crippen molar-refractivity contribution in [1.82, 2.24) is 25.5 Å². The Balaban J connectivity index is 1.32. The second kappa shape index (κ2) is 11.0. The monoisotopic (exact) mass is 542 g/mol. The van der Waals surface area contributed by atoms with Gasteiger partial charge in [-0.3, -0.25) is 19.9 Å². The number of carbonyl (C=O) groups is 1. The Kier molecular flexibility index (Phi) is 6.91. The molecular weight excluding hydrogens is 516 g/mol. The van der Waals surface area contributed by atoms with Gasteiger partial charge in [-0.15, -0.1) is 11.3 Å². The highest BCUT2D eigenvalue weighted by molar-refractivity contribution is 7.13. The van der Waals surface area contributed by atoms with Gasteiger partial charge >= 0.3 is 0 Å². The van der Waals surface area contributed by atoms with E-state index in [2.05, 4.69) is 79.0 Å². The summed E-state index contributed by atoms with van der Waals surface area (Å²) in [6.45, 7) is 5.47. The third-order valence-corrected chi connectivity index (χ3v) is 7.50. The van der Waals surface area contributed by atoms with Crippen molar-refractivity contribution in [2.24, 2.45) is 4.99 Å². The molecule has 0 aliphatic carbocycles. The van der Waals surface area contributed by atoms with Crippen molar-refractivity contribution in [2.45, 2.75) is 13.3 Å². The normalized spacial score (nSPS) is 12.2. The molecule has 40 heavy (non-hydrogen) atoms. The van der Waals surface area contributed by atoms with E-state index < -0.39 is 0 Å². The van der Waals surface area contributed by atoms with E-state index in [0.717, 1.165) is 44.3 Å². The number of pyridine rings is 1. The number of thiophene rings is 1. The third-order valence-electron chi connectivity index (χ3n) is 6.60. The van der Waals surface area contributed by atoms with E-state index in [4.69, 9.17) is 0 Å². The van der Waals surface area contributed by atoms with E-state index in [-0.39, 0.29) is 5.91 Å². The molecule has 196 valence electrons. The highest BCUT2D eigenvalue weighted by Crippen LogP contribution is 2.36. The van der Waals surface area contributed by atoms with Gasteiger partial charge in [0.2, 0.25) is 5.91 Å². The van der Waals surface area contributed by atoms with Gasteiger partial charge in [0, 0.05) is 44.2 Å². The molecule has 2 aromatic carbocycles. The number of aromatic nitrogens is 4. The van der Waals surface area contributed by atoms with Crippen molar-refractivity contribution in [2.75, 3.05) is 0 Å². The zero-order chi connectivity index (χ0) is 27.5. The number of carbonyl (C=O) groups excluding carboxylic acids is 1. The van der Waals surface area contributed by atoms with Gasteiger partial charge in [-0.05, 0) is 54.9 Å². The molecule has 0 radical (unpaired) electrons. The number of hydrogen-bond acceptors (Lipinski definition) is 5. The molecule has 0 saturated carbocycles. The number of hydrogen-bond donors (Lipinski definition) is 3. The molecule has 8 heteroatoms. The Bertz CT molecular complexity index is 1890. The van der Waals surface area contributed by atoms with Crippen LogP contribution in [0.4, 0.5) is 0 Å². The largest absolute Gasteiger partial charge is 0.353 e. The predicted molar refractivity (Wildman–Crippen MR) is 164 cm³/mol. The summed E-state index contributed by atoms with van der Waals surface area (Å²) >= 11 is 1.72. The van der Waals surface area contributed by atoms with E-state index in [9.17, 15) is 4.79 Å². The molecule has 0 unspecified atom stereocenters. The molecule has 1 amide bonds. The summed E-state index contributed by atoms with van der Waals surface area (Å²) in [5.41, 5.74) is 7.81. The lowest BCUT2D eigenvalue weighted by Crippen LogP contribution is -2.23. The zero-order valence-electron chi connectivity index (χ0n) is 21.8. The summed E-state index contributed by atoms with van der Waals surface area (Å²) in [7, 11) is 0. The summed E-state index contributed by atoms with van der Waals surface area (Å²) in [5.74, 6) is -0.0906. The van der Waals surface area contributed by atoms with Crippen LogP contribution in [0, 0.1) is 0 Å². The van der Waals surface area contributed by atoms with Crippen molar-refractivity contribution in [3.05, 3.63) is 114 Å². The number of allylic oxidation sites excluding steroid dienone is 3. The molecule has 0 spiro atoms. The summed E-state index contributed by atoms with van der Waals surface area (Å²) in [4.78, 5) is 26.0. The molecule has 0 atom stereocenters. The fraction of sp³-hybridized carbons (Fsp3) is 0.0625. The van der Waals surface area contributed by atoms with Crippen LogP contribution in [0.2, 0.25) is 0 Å². The van der Waals surface area contributed by atoms with Gasteiger partial charge in [-0.1, -0.05) is 48.5 Å². The van der Waals surface area contributed by atoms with Crippen molar-refractivity contribution in [1.29, 1.82) is 0 Å². The van der Waals surface area contributed by atoms with Crippen LogP contribution in [-0.2, 0) is 11.2 Å². The van der Waals surface area contributed by atoms with E-state index in [1.807, 2.05) is 49.4 Å². The van der Waals surface area contributed by atoms with Crippen LogP contribution in [0.25, 0.3) is 49.2 Å². The SMILES string of the molecule is C=N/C=C(\C=C(/C)NC(=O)Cc1ccccc1)c1cc2c(-c3cc4c(-c5cccs5)cccc4[nH]3)n[nH]c2cn1. The van der Waals surface area contributed by atoms with Gasteiger partial charge < -0.3 is 10.3 Å². The molecule has 6 rings (SSSR count). The van der Waals surface area contributed by atoms with E-state index in [1.54, 1.807) is 23.7 Å². The van der Waals surface area contributed by atoms with Crippen LogP contribution >= 0.6 is 11.3 Å². The number of rotatable bonds is 8. The number of benzene rings is 2. The lowest BCUT2D eigenvalue weighted by Gasteiger charge is -2.08. The average Bonchev–Trinajstić information content (AvgIpc) is 3.72. The minimum absolute atomic E-state index is 0.0906. The molecule has 0 aliphatic rings. The predicted octanol–water partition coefficient (Wildman–Crippen LogP) is 7.14. The quantitative estimate of drug-likeness (QED) is 0.141. The number of amides is 1. The molecule has 0 saturated heterocycles. The summed E-state index contributed by atoms with van der Waals surface area (Å²) in [6.07, 6.45) is 5.54. The Morgan fingerprint density at radius 3 is 2.73 bits per heavy atom. The molecule has 3 N–H and O–H groups in total. The van der Waals surface area contributed by atoms with Gasteiger partial charge in [-0.25, -0.2) is 0 Å². The molecule has 0 bridgehead atoms. The number of nitrogens with zero attached hydrogens (tertiary/aromatic N) is 3. The van der Waals surface area contributed by atoms with Gasteiger partial charge in [-0.2, -0.15) is 5.10 Å². The van der Waals surface area contributed by atoms with Crippen molar-refractivity contribution in [3.8, 4) is 21.8 Å². The van der Waals surface area contributed by atoms with E-state index in [0.29, 0.717) is 17.8 Å². The molecule has 4 heterocycles. The molecule has 0 fully saturated rings. The van der Waals surface area contributed by atoms with Crippen LogP contribution in [0.3, 0.4) is 0 Å². The lowest BCUT2D eigenvalue weighted by atomic mass is 10.1. The standard InChI is InChI=1S/C32H26N6OS/c1-20(35-31(39)15-21-8-4-3-5-9-21)14-22(18-33-2)27-17-25-29(19-34-27)37-38-32(25)28-16-24-23(30-12-7-13-40-30)10-6-11-26(24)36-28/h3-14,16-19,36H,2,15H2,1H3,(H,35,39)(H,37,38)/b20-14+,22-18+. The van der Waals surface area contributed by atoms with Gasteiger partial charge in [0.15, 0.2) is 0 Å². The first-order chi connectivity index (χ1) is 19.6. The van der Waals surface area contributed by atoms with Gasteiger partial charge in [0.05, 0.1) is 29.5 Å². The first kappa shape index (κ1) is 25.2. The van der Waals surface area contributed by atoms with Crippen LogP contribution in [0.5, 0.6) is 0 Å². The molecular formula is C32H26N6OS. The summed E-state index contributed by atoms with van der Waals surface area (Å²) < 4.78 is 0. The number of aliphatic imine (C=N–C) groups is 1. The number of aromatic amines is 2. The Labute approximate surface area is 235 Å². The zero-order valence-corrected chi connectivity index (χ0v) is 22.6. The smallest absolute Gasteiger partial charge is 0.228 e. The minimum atomic E-state index is -0.0906. The average molecular weight is 543 g/mol. The molecule has 6 aromatic rings. The Morgan fingerprint density at radius 2 is 1.93 bits per heavy atom. The second-order valence-corrected chi connectivity index (χ2v) is 10.4. The first-order valence-electron chi connectivity index (χ1n) is 12.8. The summed E-state index contributed by atoms with van der Waals surface area (Å²) in [6, 6.07) is 24.3. The Hall–Kier alpha value is -5.08. The second-order valence-electron chi connectivity index (χ2n) is 9.42. The fourth-order valence-corrected chi connectivity index (χ4v) is 5.57. The first-order valence-corrected chi connectivity index (χ1v) is 13.7. The molecule has 0 aliphatic heterocycles. The topological polar surface area (TPSA) is 98.8 Å². The van der Waals surface area contributed by atoms with Crippen molar-refractivity contribution < 1.29 is 4.79 Å². The highest BCUT2D eigenvalue weighted by atomic mass is 32.1. The van der Waals surface area contributed by atoms with Gasteiger partial charge in [0.25, 0.3) is 0 Å². The third kappa shape index (κ3) is 5.12. The number of nitrogens with one attached hydrogen (secondary N) is 3. The maximum Gasteiger partial charge on any atom is 0.228 e. The maximum absolute atomic E-state index is 12.6. The molecule has 4 aromatic heterocycles. The lowest BCUT2D eigenvalue weighted by molar-refractivity contribution is -0.119. The van der Waals surface area contributed by atoms with E-state index >= 15 is 0 Å². The van der Waals surface area contributed by atoms with Crippen LogP contribution in [0.1, 0.15) is 18.2 Å². The highest BCUT2D eigenvalue weighted by Gasteiger charge is 2.15. The van der Waals surface area contributed by atoms with Crippen LogP contribution < -0.4 is 5.32 Å². The minimum Gasteiger partial charge on any atom is -0.353 e. The Morgan fingerprint density at radius 1 is 1.05 bits per heavy atom. The van der Waals surface area contributed by atoms with Crippen molar-refractivity contribution in [3.63, 3.8) is 0 Å². The maximum atomic E-state index is 12.6.